The van der Waals surface area contributed by atoms with Gasteiger partial charge in [-0.2, -0.15) is 13.2 Å². The molecule has 1 aromatic carbocycles. The normalized spacial score (nSPS) is 14.8. The van der Waals surface area contributed by atoms with Crippen LogP contribution in [0.5, 0.6) is 0 Å². The molecule has 0 radical (unpaired) electrons. The molecule has 22 heavy (non-hydrogen) atoms. The van der Waals surface area contributed by atoms with Gasteiger partial charge < -0.3 is 9.84 Å². The Morgan fingerprint density at radius 2 is 1.59 bits per heavy atom. The van der Waals surface area contributed by atoms with Crippen molar-refractivity contribution in [1.29, 1.82) is 0 Å². The van der Waals surface area contributed by atoms with E-state index in [1.54, 1.807) is 0 Å². The smallest absolute Gasteiger partial charge is 0.410 e. The van der Waals surface area contributed by atoms with Crippen molar-refractivity contribution in [3.63, 3.8) is 0 Å². The maximum absolute atomic E-state index is 14.4. The van der Waals surface area contributed by atoms with Crippen molar-refractivity contribution in [2.24, 2.45) is 0 Å². The Balaban J connectivity index is 3.16. The standard InChI is InChI=1S/C14H16F3NO4/c1-12(2,3)22-11(21)18-14(17,10(19)20)13(15,16)9-7-5-4-6-8-9/h4-8H,1-3H3,(H,18,21)(H,19,20)/t14-/m1/s1. The molecule has 0 spiro atoms. The molecule has 0 saturated heterocycles. The SMILES string of the molecule is CC(C)(C)OC(=O)N[C@](F)(C(=O)O)C(F)(F)c1ccccc1. The van der Waals surface area contributed by atoms with Crippen molar-refractivity contribution in [3.05, 3.63) is 35.9 Å². The Labute approximate surface area is 125 Å². The number of rotatable bonds is 4. The Kier molecular flexibility index (Phi) is 4.74. The lowest BCUT2D eigenvalue weighted by atomic mass is 9.99. The molecule has 122 valence electrons. The molecule has 2 N–H and O–H groups in total. The Hall–Kier alpha value is -2.25. The molecule has 1 atom stereocenters. The molecule has 5 nitrogen and oxygen atoms in total. The molecular formula is C14H16F3NO4. The van der Waals surface area contributed by atoms with Crippen LogP contribution in [0.1, 0.15) is 26.3 Å². The fraction of sp³-hybridized carbons (Fsp3) is 0.429. The predicted octanol–water partition coefficient (Wildman–Crippen LogP) is 3.05. The van der Waals surface area contributed by atoms with E-state index in [1.165, 1.54) is 39.0 Å². The maximum Gasteiger partial charge on any atom is 0.410 e. The highest BCUT2D eigenvalue weighted by molar-refractivity contribution is 5.84. The lowest BCUT2D eigenvalue weighted by Gasteiger charge is -2.31. The van der Waals surface area contributed by atoms with E-state index in [0.29, 0.717) is 0 Å². The van der Waals surface area contributed by atoms with Crippen LogP contribution in [0.2, 0.25) is 0 Å². The zero-order valence-corrected chi connectivity index (χ0v) is 12.2. The molecule has 0 aliphatic heterocycles. The highest BCUT2D eigenvalue weighted by Crippen LogP contribution is 2.40. The first-order chi connectivity index (χ1) is 9.90. The topological polar surface area (TPSA) is 75.6 Å². The number of carboxylic acids is 1. The van der Waals surface area contributed by atoms with Gasteiger partial charge in [0.1, 0.15) is 5.60 Å². The summed E-state index contributed by atoms with van der Waals surface area (Å²) in [4.78, 5) is 22.5. The van der Waals surface area contributed by atoms with Crippen LogP contribution in [0.3, 0.4) is 0 Å². The first-order valence-electron chi connectivity index (χ1n) is 6.27. The molecule has 0 unspecified atom stereocenters. The summed E-state index contributed by atoms with van der Waals surface area (Å²) in [5.74, 6) is -11.4. The summed E-state index contributed by atoms with van der Waals surface area (Å²) in [6, 6.07) is 5.50. The van der Waals surface area contributed by atoms with E-state index in [0.717, 1.165) is 17.4 Å². The van der Waals surface area contributed by atoms with E-state index in [4.69, 9.17) is 5.11 Å². The largest absolute Gasteiger partial charge is 0.477 e. The maximum atomic E-state index is 14.4. The third kappa shape index (κ3) is 3.69. The minimum atomic E-state index is -4.50. The van der Waals surface area contributed by atoms with Crippen molar-refractivity contribution in [1.82, 2.24) is 5.32 Å². The molecule has 1 rings (SSSR count). The number of alkyl carbamates (subject to hydrolysis) is 1. The minimum Gasteiger partial charge on any atom is -0.477 e. The van der Waals surface area contributed by atoms with Crippen molar-refractivity contribution >= 4 is 12.1 Å². The molecule has 0 bridgehead atoms. The number of nitrogens with one attached hydrogen (secondary N) is 1. The second-order valence-electron chi connectivity index (χ2n) is 5.53. The van der Waals surface area contributed by atoms with Crippen LogP contribution in [-0.4, -0.2) is 28.6 Å². The first kappa shape index (κ1) is 17.8. The van der Waals surface area contributed by atoms with Crippen LogP contribution in [-0.2, 0) is 15.5 Å². The molecule has 1 amide bonds. The van der Waals surface area contributed by atoms with Crippen LogP contribution in [0.15, 0.2) is 30.3 Å². The number of ether oxygens (including phenoxy) is 1. The van der Waals surface area contributed by atoms with E-state index in [1.807, 2.05) is 0 Å². The van der Waals surface area contributed by atoms with Crippen molar-refractivity contribution < 1.29 is 32.6 Å². The van der Waals surface area contributed by atoms with E-state index >= 15 is 0 Å². The van der Waals surface area contributed by atoms with Gasteiger partial charge in [-0.25, -0.2) is 9.59 Å². The van der Waals surface area contributed by atoms with Crippen molar-refractivity contribution in [3.8, 4) is 0 Å². The number of alkyl halides is 3. The number of amides is 1. The lowest BCUT2D eigenvalue weighted by Crippen LogP contribution is -2.61. The van der Waals surface area contributed by atoms with Gasteiger partial charge in [0, 0.05) is 5.56 Å². The van der Waals surface area contributed by atoms with Crippen molar-refractivity contribution in [2.45, 2.75) is 38.1 Å². The molecular weight excluding hydrogens is 303 g/mol. The zero-order valence-electron chi connectivity index (χ0n) is 12.2. The van der Waals surface area contributed by atoms with Gasteiger partial charge in [-0.3, -0.25) is 5.32 Å². The second-order valence-corrected chi connectivity index (χ2v) is 5.53. The minimum absolute atomic E-state index is 0.855. The van der Waals surface area contributed by atoms with Crippen LogP contribution >= 0.6 is 0 Å². The summed E-state index contributed by atoms with van der Waals surface area (Å²) >= 11 is 0. The highest BCUT2D eigenvalue weighted by atomic mass is 19.3. The third-order valence-corrected chi connectivity index (χ3v) is 2.54. The van der Waals surface area contributed by atoms with Gasteiger partial charge in [0.25, 0.3) is 0 Å². The van der Waals surface area contributed by atoms with Gasteiger partial charge in [0.15, 0.2) is 0 Å². The lowest BCUT2D eigenvalue weighted by molar-refractivity contribution is -0.195. The van der Waals surface area contributed by atoms with E-state index < -0.39 is 34.9 Å². The summed E-state index contributed by atoms with van der Waals surface area (Å²) in [5.41, 5.74) is -2.00. The third-order valence-electron chi connectivity index (χ3n) is 2.54. The molecule has 0 aliphatic carbocycles. The van der Waals surface area contributed by atoms with Crippen LogP contribution in [0.25, 0.3) is 0 Å². The van der Waals surface area contributed by atoms with Gasteiger partial charge in [-0.1, -0.05) is 30.3 Å². The summed E-state index contributed by atoms with van der Waals surface area (Å²) in [7, 11) is 0. The number of carbonyl (C=O) groups is 2. The van der Waals surface area contributed by atoms with Crippen molar-refractivity contribution in [2.75, 3.05) is 0 Å². The van der Waals surface area contributed by atoms with E-state index in [-0.39, 0.29) is 0 Å². The van der Waals surface area contributed by atoms with Crippen LogP contribution in [0.4, 0.5) is 18.0 Å². The molecule has 0 aliphatic rings. The Morgan fingerprint density at radius 3 is 2.00 bits per heavy atom. The number of hydrogen-bond acceptors (Lipinski definition) is 3. The Bertz CT molecular complexity index is 557. The number of benzene rings is 1. The molecule has 0 heterocycles. The predicted molar refractivity (Wildman–Crippen MR) is 71.2 cm³/mol. The fourth-order valence-electron chi connectivity index (χ4n) is 1.56. The number of aliphatic carboxylic acids is 1. The number of hydrogen-bond donors (Lipinski definition) is 2. The van der Waals surface area contributed by atoms with Crippen LogP contribution < -0.4 is 5.32 Å². The second kappa shape index (κ2) is 5.86. The quantitative estimate of drug-likeness (QED) is 0.836. The van der Waals surface area contributed by atoms with E-state index in [2.05, 4.69) is 4.74 Å². The summed E-state index contributed by atoms with van der Waals surface area (Å²) < 4.78 is 47.5. The molecule has 0 aromatic heterocycles. The molecule has 0 saturated carbocycles. The molecule has 8 heteroatoms. The first-order valence-corrected chi connectivity index (χ1v) is 6.27. The zero-order chi connectivity index (χ0) is 17.2. The monoisotopic (exact) mass is 319 g/mol. The average molecular weight is 319 g/mol. The van der Waals surface area contributed by atoms with Gasteiger partial charge in [-0.15, -0.1) is 0 Å². The van der Waals surface area contributed by atoms with Gasteiger partial charge in [-0.05, 0) is 20.8 Å². The number of halogens is 3. The number of carbonyl (C=O) groups excluding carboxylic acids is 1. The van der Waals surface area contributed by atoms with Crippen LogP contribution in [0, 0.1) is 0 Å². The molecule has 0 fully saturated rings. The van der Waals surface area contributed by atoms with Gasteiger partial charge >= 0.3 is 23.8 Å². The summed E-state index contributed by atoms with van der Waals surface area (Å²) in [6.07, 6.45) is -1.60. The summed E-state index contributed by atoms with van der Waals surface area (Å²) in [5, 5.41) is 9.96. The molecule has 1 aromatic rings. The fourth-order valence-corrected chi connectivity index (χ4v) is 1.56. The Morgan fingerprint density at radius 1 is 1.09 bits per heavy atom. The number of carboxylic acid groups (broad SMARTS) is 1. The summed E-state index contributed by atoms with van der Waals surface area (Å²) in [6.45, 7) is 4.26. The average Bonchev–Trinajstić information content (AvgIpc) is 2.36. The van der Waals surface area contributed by atoms with E-state index in [9.17, 15) is 22.8 Å². The van der Waals surface area contributed by atoms with Gasteiger partial charge in [0.2, 0.25) is 0 Å². The highest BCUT2D eigenvalue weighted by Gasteiger charge is 2.63. The van der Waals surface area contributed by atoms with Gasteiger partial charge in [0.05, 0.1) is 0 Å².